The Morgan fingerprint density at radius 1 is 0.756 bits per heavy atom. The normalized spacial score (nSPS) is 14.9. The van der Waals surface area contributed by atoms with Gasteiger partial charge in [0.25, 0.3) is 5.52 Å². The Hall–Kier alpha value is -4.49. The van der Waals surface area contributed by atoms with Gasteiger partial charge < -0.3 is 23.2 Å². The number of allylic oxidation sites excluding steroid dienone is 4. The van der Waals surface area contributed by atoms with Crippen LogP contribution in [0.15, 0.2) is 107 Å². The Labute approximate surface area is 260 Å². The first-order chi connectivity index (χ1) is 21.5. The van der Waals surface area contributed by atoms with Crippen molar-refractivity contribution in [3.05, 3.63) is 109 Å². The first-order valence-corrected chi connectivity index (χ1v) is 17.5. The molecule has 0 spiro atoms. The number of anilines is 1. The highest BCUT2D eigenvalue weighted by atomic mass is 32.2. The van der Waals surface area contributed by atoms with Crippen LogP contribution in [0.5, 0.6) is 5.75 Å². The first kappa shape index (κ1) is 30.5. The summed E-state index contributed by atoms with van der Waals surface area (Å²) in [7, 11) is -8.70. The van der Waals surface area contributed by atoms with Crippen LogP contribution in [0.3, 0.4) is 0 Å². The zero-order valence-electron chi connectivity index (χ0n) is 24.0. The minimum atomic E-state index is -4.35. The Bertz CT molecular complexity index is 2220. The number of ether oxygens (including phenoxy) is 1. The zero-order valence-corrected chi connectivity index (χ0v) is 25.7. The summed E-state index contributed by atoms with van der Waals surface area (Å²) in [5.41, 5.74) is 2.19. The summed E-state index contributed by atoms with van der Waals surface area (Å²) in [5, 5.41) is 4.00. The molecule has 4 aromatic carbocycles. The molecule has 0 N–H and O–H groups in total. The van der Waals surface area contributed by atoms with Crippen molar-refractivity contribution in [2.45, 2.75) is 19.4 Å². The summed E-state index contributed by atoms with van der Waals surface area (Å²) in [6.45, 7) is 0.545. The minimum absolute atomic E-state index is 0.136. The summed E-state index contributed by atoms with van der Waals surface area (Å²) >= 11 is 0. The van der Waals surface area contributed by atoms with Crippen LogP contribution in [0.25, 0.3) is 38.7 Å². The van der Waals surface area contributed by atoms with Gasteiger partial charge in [-0.05, 0) is 52.2 Å². The maximum Gasteiger partial charge on any atom is 0.374 e. The van der Waals surface area contributed by atoms with Gasteiger partial charge in [-0.2, -0.15) is 4.57 Å². The molecule has 12 heteroatoms. The molecule has 0 saturated carbocycles. The SMILES string of the molecule is O=S(=O)([O-])CCCN1C(=CC=CC=Cc2oc3cc4ccccc4cc3[n+]2CCCS(=O)(=O)[O-])Oc2cc3ccccc3cc21. The lowest BCUT2D eigenvalue weighted by molar-refractivity contribution is -0.677. The number of aromatic nitrogens is 1. The third-order valence-electron chi connectivity index (χ3n) is 7.45. The number of fused-ring (bicyclic) bond motifs is 4. The van der Waals surface area contributed by atoms with Crippen LogP contribution in [0.1, 0.15) is 18.7 Å². The van der Waals surface area contributed by atoms with Crippen LogP contribution in [-0.2, 0) is 26.8 Å². The van der Waals surface area contributed by atoms with Crippen LogP contribution >= 0.6 is 0 Å². The highest BCUT2D eigenvalue weighted by Gasteiger charge is 2.26. The van der Waals surface area contributed by atoms with Gasteiger partial charge in [0.2, 0.25) is 11.5 Å². The maximum atomic E-state index is 11.2. The molecule has 1 aliphatic heterocycles. The van der Waals surface area contributed by atoms with Gasteiger partial charge in [0, 0.05) is 30.5 Å². The van der Waals surface area contributed by atoms with E-state index in [2.05, 4.69) is 0 Å². The quantitative estimate of drug-likeness (QED) is 0.107. The Kier molecular flexibility index (Phi) is 8.47. The second-order valence-corrected chi connectivity index (χ2v) is 13.7. The molecule has 10 nitrogen and oxygen atoms in total. The Balaban J connectivity index is 1.26. The number of aryl methyl sites for hydroxylation is 1. The van der Waals surface area contributed by atoms with Crippen molar-refractivity contribution in [3.63, 3.8) is 0 Å². The smallest absolute Gasteiger partial charge is 0.374 e. The van der Waals surface area contributed by atoms with Crippen molar-refractivity contribution in [2.75, 3.05) is 23.0 Å². The fraction of sp³-hybridized carbons (Fsp3) is 0.182. The van der Waals surface area contributed by atoms with Gasteiger partial charge in [-0.3, -0.25) is 0 Å². The first-order valence-electron chi connectivity index (χ1n) is 14.3. The van der Waals surface area contributed by atoms with Gasteiger partial charge >= 0.3 is 5.89 Å². The lowest BCUT2D eigenvalue weighted by atomic mass is 10.1. The van der Waals surface area contributed by atoms with Crippen LogP contribution < -0.4 is 14.2 Å². The lowest BCUT2D eigenvalue weighted by Crippen LogP contribution is -2.36. The molecule has 0 bridgehead atoms. The van der Waals surface area contributed by atoms with E-state index in [0.29, 0.717) is 23.1 Å². The second kappa shape index (κ2) is 12.5. The molecule has 0 saturated heterocycles. The lowest BCUT2D eigenvalue weighted by Gasteiger charge is -2.19. The Morgan fingerprint density at radius 3 is 2.07 bits per heavy atom. The van der Waals surface area contributed by atoms with Crippen LogP contribution in [0, 0.1) is 0 Å². The van der Waals surface area contributed by atoms with E-state index in [0.717, 1.165) is 32.7 Å². The fourth-order valence-electron chi connectivity index (χ4n) is 5.42. The molecule has 0 aliphatic carbocycles. The van der Waals surface area contributed by atoms with E-state index in [-0.39, 0.29) is 25.9 Å². The van der Waals surface area contributed by atoms with Gasteiger partial charge in [0.05, 0.1) is 32.0 Å². The summed E-state index contributed by atoms with van der Waals surface area (Å²) in [6.07, 6.45) is 9.07. The molecule has 1 aliphatic rings. The molecule has 0 amide bonds. The molecule has 0 fully saturated rings. The van der Waals surface area contributed by atoms with Gasteiger partial charge in [0.1, 0.15) is 0 Å². The standard InChI is InChI=1S/C33H30N2O8S2/c36-44(37,38)18-8-16-34-28-20-24-10-4-6-12-26(24)22-30(28)42-32(34)14-2-1-3-15-33-35(17-9-19-45(39,40)41)29-21-25-11-5-7-13-27(25)23-31(29)43-33/h1-7,10-15,20-23H,8-9,16-19H2,(H-,36,37,38,39,40,41)/p-1. The largest absolute Gasteiger partial charge is 0.748 e. The van der Waals surface area contributed by atoms with Gasteiger partial charge in [-0.1, -0.05) is 66.8 Å². The summed E-state index contributed by atoms with van der Waals surface area (Å²) in [6, 6.07) is 23.5. The fourth-order valence-corrected chi connectivity index (χ4v) is 6.39. The number of nitrogens with zero attached hydrogens (tertiary/aromatic N) is 2. The average Bonchev–Trinajstić information content (AvgIpc) is 3.49. The topological polar surface area (TPSA) is 144 Å². The number of benzene rings is 4. The highest BCUT2D eigenvalue weighted by molar-refractivity contribution is 7.85. The van der Waals surface area contributed by atoms with Crippen molar-refractivity contribution in [1.29, 1.82) is 0 Å². The second-order valence-electron chi connectivity index (χ2n) is 10.7. The molecule has 0 radical (unpaired) electrons. The molecule has 5 aromatic rings. The number of hydrogen-bond donors (Lipinski definition) is 0. The van der Waals surface area contributed by atoms with E-state index >= 15 is 0 Å². The van der Waals surface area contributed by atoms with E-state index in [1.54, 1.807) is 30.4 Å². The molecule has 45 heavy (non-hydrogen) atoms. The van der Waals surface area contributed by atoms with Crippen molar-refractivity contribution in [1.82, 2.24) is 0 Å². The predicted octanol–water partition coefficient (Wildman–Crippen LogP) is 5.21. The zero-order chi connectivity index (χ0) is 31.6. The van der Waals surface area contributed by atoms with Gasteiger partial charge in [0.15, 0.2) is 12.3 Å². The van der Waals surface area contributed by atoms with E-state index in [1.807, 2.05) is 82.3 Å². The van der Waals surface area contributed by atoms with Gasteiger partial charge in [-0.25, -0.2) is 16.8 Å². The summed E-state index contributed by atoms with van der Waals surface area (Å²) in [4.78, 5) is 1.85. The third kappa shape index (κ3) is 7.26. The minimum Gasteiger partial charge on any atom is -0.748 e. The van der Waals surface area contributed by atoms with E-state index < -0.39 is 31.7 Å². The Morgan fingerprint density at radius 2 is 1.38 bits per heavy atom. The number of hydrogen-bond acceptors (Lipinski definition) is 9. The maximum absolute atomic E-state index is 11.2. The van der Waals surface area contributed by atoms with Crippen LogP contribution in [0.2, 0.25) is 0 Å². The molecular weight excluding hydrogens is 617 g/mol. The predicted molar refractivity (Wildman–Crippen MR) is 170 cm³/mol. The van der Waals surface area contributed by atoms with Crippen molar-refractivity contribution < 1.29 is 39.7 Å². The van der Waals surface area contributed by atoms with Crippen molar-refractivity contribution in [2.24, 2.45) is 0 Å². The molecule has 6 rings (SSSR count). The molecular formula is C33H29N2O8S2-. The molecule has 2 heterocycles. The third-order valence-corrected chi connectivity index (χ3v) is 9.03. The average molecular weight is 646 g/mol. The molecule has 232 valence electrons. The molecule has 0 atom stereocenters. The highest BCUT2D eigenvalue weighted by Crippen LogP contribution is 2.42. The van der Waals surface area contributed by atoms with Crippen molar-refractivity contribution >= 4 is 64.6 Å². The van der Waals surface area contributed by atoms with E-state index in [9.17, 15) is 25.9 Å². The monoisotopic (exact) mass is 645 g/mol. The van der Waals surface area contributed by atoms with Gasteiger partial charge in [-0.15, -0.1) is 0 Å². The van der Waals surface area contributed by atoms with E-state index in [4.69, 9.17) is 9.15 Å². The summed E-state index contributed by atoms with van der Waals surface area (Å²) < 4.78 is 81.5. The molecule has 1 aromatic heterocycles. The number of rotatable bonds is 11. The van der Waals surface area contributed by atoms with Crippen molar-refractivity contribution in [3.8, 4) is 5.75 Å². The summed E-state index contributed by atoms with van der Waals surface area (Å²) in [5.74, 6) is 0.637. The van der Waals surface area contributed by atoms with Crippen LogP contribution in [0.4, 0.5) is 5.69 Å². The van der Waals surface area contributed by atoms with E-state index in [1.165, 1.54) is 0 Å². The van der Waals surface area contributed by atoms with Crippen LogP contribution in [-0.4, -0.2) is 44.0 Å². The number of oxazole rings is 1. The molecule has 0 unspecified atom stereocenters.